The van der Waals surface area contributed by atoms with Crippen molar-refractivity contribution < 1.29 is 9.47 Å². The second-order valence-electron chi connectivity index (χ2n) is 4.59. The van der Waals surface area contributed by atoms with E-state index in [1.807, 2.05) is 14.0 Å². The van der Waals surface area contributed by atoms with E-state index in [2.05, 4.69) is 16.5 Å². The molecule has 6 heteroatoms. The number of aromatic nitrogens is 2. The van der Waals surface area contributed by atoms with Gasteiger partial charge in [-0.05, 0) is 6.92 Å². The highest BCUT2D eigenvalue weighted by Gasteiger charge is 2.35. The van der Waals surface area contributed by atoms with Crippen molar-refractivity contribution in [2.45, 2.75) is 18.9 Å². The third kappa shape index (κ3) is 2.19. The zero-order valence-corrected chi connectivity index (χ0v) is 11.0. The third-order valence-electron chi connectivity index (χ3n) is 3.41. The van der Waals surface area contributed by atoms with Gasteiger partial charge in [-0.2, -0.15) is 10.4 Å². The van der Waals surface area contributed by atoms with Crippen LogP contribution in [-0.2, 0) is 16.5 Å². The summed E-state index contributed by atoms with van der Waals surface area (Å²) in [7, 11) is 3.51. The monoisotopic (exact) mass is 250 g/mol. The molecule has 98 valence electrons. The zero-order valence-electron chi connectivity index (χ0n) is 11.0. The fourth-order valence-corrected chi connectivity index (χ4v) is 2.20. The van der Waals surface area contributed by atoms with E-state index in [4.69, 9.17) is 14.7 Å². The Bertz CT molecular complexity index is 469. The van der Waals surface area contributed by atoms with Crippen molar-refractivity contribution in [3.05, 3.63) is 11.3 Å². The average molecular weight is 250 g/mol. The number of ether oxygens (including phenoxy) is 2. The first kappa shape index (κ1) is 12.9. The summed E-state index contributed by atoms with van der Waals surface area (Å²) < 4.78 is 12.6. The Labute approximate surface area is 106 Å². The zero-order chi connectivity index (χ0) is 13.2. The van der Waals surface area contributed by atoms with Crippen LogP contribution in [-0.4, -0.2) is 42.2 Å². The van der Waals surface area contributed by atoms with Crippen LogP contribution >= 0.6 is 0 Å². The number of nitrogens with zero attached hydrogens (tertiary/aromatic N) is 3. The molecule has 0 amide bonds. The molecule has 0 aliphatic carbocycles. The predicted molar refractivity (Wildman–Crippen MR) is 66.3 cm³/mol. The summed E-state index contributed by atoms with van der Waals surface area (Å²) in [4.78, 5) is 0. The first-order valence-corrected chi connectivity index (χ1v) is 5.92. The highest BCUT2D eigenvalue weighted by Crippen LogP contribution is 2.24. The minimum Gasteiger partial charge on any atom is -0.378 e. The van der Waals surface area contributed by atoms with Crippen molar-refractivity contribution in [1.29, 1.82) is 5.26 Å². The van der Waals surface area contributed by atoms with Gasteiger partial charge in [0, 0.05) is 33.7 Å². The topological polar surface area (TPSA) is 72.1 Å². The second kappa shape index (κ2) is 4.96. The maximum atomic E-state index is 9.13. The molecule has 2 heterocycles. The highest BCUT2D eigenvalue weighted by molar-refractivity contribution is 5.55. The van der Waals surface area contributed by atoms with E-state index in [9.17, 15) is 0 Å². The van der Waals surface area contributed by atoms with Crippen LogP contribution < -0.4 is 5.32 Å². The molecule has 0 radical (unpaired) electrons. The van der Waals surface area contributed by atoms with Crippen molar-refractivity contribution in [3.63, 3.8) is 0 Å². The van der Waals surface area contributed by atoms with Crippen LogP contribution in [0.3, 0.4) is 0 Å². The van der Waals surface area contributed by atoms with Gasteiger partial charge in [0.15, 0.2) is 0 Å². The lowest BCUT2D eigenvalue weighted by atomic mass is 10.0. The first-order valence-electron chi connectivity index (χ1n) is 5.92. The summed E-state index contributed by atoms with van der Waals surface area (Å²) in [5.41, 5.74) is 1.02. The summed E-state index contributed by atoms with van der Waals surface area (Å²) in [6.07, 6.45) is 0.856. The lowest BCUT2D eigenvalue weighted by Gasteiger charge is -2.26. The third-order valence-corrected chi connectivity index (χ3v) is 3.41. The number of rotatable bonds is 4. The van der Waals surface area contributed by atoms with Gasteiger partial charge in [0.1, 0.15) is 23.1 Å². The molecule has 1 atom stereocenters. The number of aryl methyl sites for hydroxylation is 2. The summed E-state index contributed by atoms with van der Waals surface area (Å²) in [6.45, 7) is 3.73. The maximum absolute atomic E-state index is 9.13. The Morgan fingerprint density at radius 3 is 3.00 bits per heavy atom. The van der Waals surface area contributed by atoms with Crippen LogP contribution in [0.25, 0.3) is 0 Å². The summed E-state index contributed by atoms with van der Waals surface area (Å²) in [6, 6.07) is 2.17. The molecule has 1 aliphatic heterocycles. The number of anilines is 1. The van der Waals surface area contributed by atoms with Gasteiger partial charge in [0.05, 0.1) is 12.3 Å². The molecular formula is C12H18N4O2. The first-order chi connectivity index (χ1) is 8.62. The Morgan fingerprint density at radius 1 is 1.67 bits per heavy atom. The van der Waals surface area contributed by atoms with E-state index in [-0.39, 0.29) is 5.60 Å². The standard InChI is InChI=1S/C12H18N4O2/c1-9-10(6-13)11(16(2)15-9)14-7-12(17-3)4-5-18-8-12/h14H,4-5,7-8H2,1-3H3. The van der Waals surface area contributed by atoms with E-state index in [1.54, 1.807) is 11.8 Å². The van der Waals surface area contributed by atoms with Gasteiger partial charge in [-0.1, -0.05) is 0 Å². The fraction of sp³-hybridized carbons (Fsp3) is 0.667. The SMILES string of the molecule is COC1(CNc2c(C#N)c(C)nn2C)CCOC1. The molecule has 1 fully saturated rings. The molecule has 6 nitrogen and oxygen atoms in total. The number of hydrogen-bond acceptors (Lipinski definition) is 5. The lowest BCUT2D eigenvalue weighted by Crippen LogP contribution is -2.40. The number of hydrogen-bond donors (Lipinski definition) is 1. The van der Waals surface area contributed by atoms with Gasteiger partial charge in [-0.25, -0.2) is 0 Å². The number of nitriles is 1. The summed E-state index contributed by atoms with van der Waals surface area (Å²) >= 11 is 0. The highest BCUT2D eigenvalue weighted by atomic mass is 16.5. The molecule has 1 unspecified atom stereocenters. The summed E-state index contributed by atoms with van der Waals surface area (Å²) in [5.74, 6) is 0.735. The predicted octanol–water partition coefficient (Wildman–Crippen LogP) is 0.818. The van der Waals surface area contributed by atoms with Crippen molar-refractivity contribution in [3.8, 4) is 6.07 Å². The fourth-order valence-electron chi connectivity index (χ4n) is 2.20. The number of methoxy groups -OCH3 is 1. The molecule has 1 aliphatic rings. The molecule has 0 saturated carbocycles. The van der Waals surface area contributed by atoms with Gasteiger partial charge in [0.25, 0.3) is 0 Å². The molecule has 2 rings (SSSR count). The van der Waals surface area contributed by atoms with Gasteiger partial charge >= 0.3 is 0 Å². The molecule has 0 bridgehead atoms. The van der Waals surface area contributed by atoms with E-state index < -0.39 is 0 Å². The van der Waals surface area contributed by atoms with Gasteiger partial charge in [-0.3, -0.25) is 4.68 Å². The summed E-state index contributed by atoms with van der Waals surface area (Å²) in [5, 5.41) is 16.6. The van der Waals surface area contributed by atoms with Crippen LogP contribution in [0.5, 0.6) is 0 Å². The van der Waals surface area contributed by atoms with Crippen LogP contribution in [0.2, 0.25) is 0 Å². The lowest BCUT2D eigenvalue weighted by molar-refractivity contribution is -0.00629. The van der Waals surface area contributed by atoms with E-state index in [1.165, 1.54) is 0 Å². The molecule has 0 aromatic carbocycles. The Balaban J connectivity index is 2.13. The minimum absolute atomic E-state index is 0.301. The molecule has 18 heavy (non-hydrogen) atoms. The Hall–Kier alpha value is -1.58. The normalized spacial score (nSPS) is 23.0. The largest absolute Gasteiger partial charge is 0.378 e. The molecule has 1 saturated heterocycles. The molecular weight excluding hydrogens is 232 g/mol. The van der Waals surface area contributed by atoms with Crippen LogP contribution in [0.1, 0.15) is 17.7 Å². The molecule has 0 spiro atoms. The van der Waals surface area contributed by atoms with Gasteiger partial charge < -0.3 is 14.8 Å². The van der Waals surface area contributed by atoms with Crippen LogP contribution in [0, 0.1) is 18.3 Å². The average Bonchev–Trinajstić information content (AvgIpc) is 2.92. The smallest absolute Gasteiger partial charge is 0.142 e. The van der Waals surface area contributed by atoms with E-state index in [0.717, 1.165) is 17.9 Å². The van der Waals surface area contributed by atoms with E-state index >= 15 is 0 Å². The minimum atomic E-state index is -0.301. The van der Waals surface area contributed by atoms with E-state index in [0.29, 0.717) is 25.3 Å². The molecule has 1 N–H and O–H groups in total. The Morgan fingerprint density at radius 2 is 2.44 bits per heavy atom. The quantitative estimate of drug-likeness (QED) is 0.856. The number of nitrogens with one attached hydrogen (secondary N) is 1. The van der Waals surface area contributed by atoms with Crippen LogP contribution in [0.4, 0.5) is 5.82 Å². The van der Waals surface area contributed by atoms with Crippen molar-refractivity contribution in [1.82, 2.24) is 9.78 Å². The van der Waals surface area contributed by atoms with Crippen molar-refractivity contribution in [2.24, 2.45) is 7.05 Å². The molecule has 1 aromatic rings. The van der Waals surface area contributed by atoms with Gasteiger partial charge in [0.2, 0.25) is 0 Å². The van der Waals surface area contributed by atoms with Gasteiger partial charge in [-0.15, -0.1) is 0 Å². The van der Waals surface area contributed by atoms with Crippen molar-refractivity contribution in [2.75, 3.05) is 32.2 Å². The second-order valence-corrected chi connectivity index (χ2v) is 4.59. The molecule has 1 aromatic heterocycles. The van der Waals surface area contributed by atoms with Crippen LogP contribution in [0.15, 0.2) is 0 Å². The maximum Gasteiger partial charge on any atom is 0.142 e. The van der Waals surface area contributed by atoms with Crippen molar-refractivity contribution >= 4 is 5.82 Å². The Kier molecular flexibility index (Phi) is 3.55.